The van der Waals surface area contributed by atoms with Gasteiger partial charge in [0.15, 0.2) is 5.69 Å². The number of benzene rings is 4. The first kappa shape index (κ1) is 26.9. The van der Waals surface area contributed by atoms with Gasteiger partial charge in [-0.1, -0.05) is 91.0 Å². The third-order valence-electron chi connectivity index (χ3n) is 6.86. The van der Waals surface area contributed by atoms with Crippen molar-refractivity contribution in [1.82, 2.24) is 15.2 Å². The molecule has 5 rings (SSSR count). The number of rotatable bonds is 11. The molecule has 0 unspecified atom stereocenters. The van der Waals surface area contributed by atoms with Crippen molar-refractivity contribution in [1.29, 1.82) is 0 Å². The highest BCUT2D eigenvalue weighted by Crippen LogP contribution is 2.27. The van der Waals surface area contributed by atoms with E-state index in [9.17, 15) is 4.79 Å². The maximum Gasteiger partial charge on any atom is 0.273 e. The smallest absolute Gasteiger partial charge is 0.273 e. The molecule has 0 aliphatic carbocycles. The van der Waals surface area contributed by atoms with Gasteiger partial charge in [0.05, 0.1) is 12.6 Å². The summed E-state index contributed by atoms with van der Waals surface area (Å²) in [6, 6.07) is 37.9. The van der Waals surface area contributed by atoms with Crippen molar-refractivity contribution in [3.05, 3.63) is 150 Å². The SMILES string of the molecule is C[C@@H](NC(=O)c1coc(CN(Cc2cccc(Oc3ccccc3)c2)[C@@H](C)c2ccccc2)n1)c1ccccc1. The lowest BCUT2D eigenvalue weighted by molar-refractivity contribution is 0.0934. The van der Waals surface area contributed by atoms with E-state index in [1.807, 2.05) is 97.9 Å². The monoisotopic (exact) mass is 531 g/mol. The summed E-state index contributed by atoms with van der Waals surface area (Å²) in [5.41, 5.74) is 3.57. The maximum atomic E-state index is 12.9. The third kappa shape index (κ3) is 7.04. The van der Waals surface area contributed by atoms with Crippen LogP contribution in [0.25, 0.3) is 0 Å². The second kappa shape index (κ2) is 12.9. The number of hydrogen-bond donors (Lipinski definition) is 1. The molecule has 6 nitrogen and oxygen atoms in total. The van der Waals surface area contributed by atoms with E-state index in [0.717, 1.165) is 22.6 Å². The van der Waals surface area contributed by atoms with Crippen molar-refractivity contribution in [3.8, 4) is 11.5 Å². The number of hydrogen-bond acceptors (Lipinski definition) is 5. The van der Waals surface area contributed by atoms with Crippen molar-refractivity contribution >= 4 is 5.91 Å². The van der Waals surface area contributed by atoms with Gasteiger partial charge in [-0.2, -0.15) is 0 Å². The molecule has 202 valence electrons. The molecule has 0 spiro atoms. The van der Waals surface area contributed by atoms with Crippen LogP contribution in [0.4, 0.5) is 0 Å². The summed E-state index contributed by atoms with van der Waals surface area (Å²) in [5.74, 6) is 1.79. The number of carbonyl (C=O) groups excluding carboxylic acids is 1. The lowest BCUT2D eigenvalue weighted by Crippen LogP contribution is -2.28. The number of nitrogens with zero attached hydrogens (tertiary/aromatic N) is 2. The average molecular weight is 532 g/mol. The molecule has 4 aromatic carbocycles. The van der Waals surface area contributed by atoms with Crippen LogP contribution >= 0.6 is 0 Å². The summed E-state index contributed by atoms with van der Waals surface area (Å²) in [6.45, 7) is 5.18. The summed E-state index contributed by atoms with van der Waals surface area (Å²) >= 11 is 0. The molecule has 1 aromatic heterocycles. The van der Waals surface area contributed by atoms with Gasteiger partial charge in [-0.15, -0.1) is 0 Å². The minimum absolute atomic E-state index is 0.0715. The lowest BCUT2D eigenvalue weighted by atomic mass is 10.1. The standard InChI is InChI=1S/C34H33N3O3/c1-25(28-14-6-3-7-15-28)35-34(38)32-24-39-33(36-32)23-37(26(2)29-16-8-4-9-17-29)22-27-13-12-20-31(21-27)40-30-18-10-5-11-19-30/h3-21,24-26H,22-23H2,1-2H3,(H,35,38)/t25-,26+/m1/s1. The Labute approximate surface area is 235 Å². The van der Waals surface area contributed by atoms with Gasteiger partial charge < -0.3 is 14.5 Å². The third-order valence-corrected chi connectivity index (χ3v) is 6.86. The van der Waals surface area contributed by atoms with E-state index in [1.165, 1.54) is 11.8 Å². The van der Waals surface area contributed by atoms with Gasteiger partial charge in [-0.3, -0.25) is 9.69 Å². The van der Waals surface area contributed by atoms with E-state index in [0.29, 0.717) is 19.0 Å². The molecule has 1 heterocycles. The first-order chi connectivity index (χ1) is 19.5. The quantitative estimate of drug-likeness (QED) is 0.189. The summed E-state index contributed by atoms with van der Waals surface area (Å²) < 4.78 is 11.9. The molecule has 0 saturated carbocycles. The Morgan fingerprint density at radius 1 is 0.800 bits per heavy atom. The fourth-order valence-electron chi connectivity index (χ4n) is 4.60. The van der Waals surface area contributed by atoms with Crippen molar-refractivity contribution in [2.75, 3.05) is 0 Å². The minimum atomic E-state index is -0.264. The Bertz CT molecular complexity index is 1500. The first-order valence-corrected chi connectivity index (χ1v) is 13.5. The first-order valence-electron chi connectivity index (χ1n) is 13.5. The number of ether oxygens (including phenoxy) is 1. The van der Waals surface area contributed by atoms with Gasteiger partial charge in [0, 0.05) is 12.6 Å². The highest BCUT2D eigenvalue weighted by molar-refractivity contribution is 5.92. The Hall–Kier alpha value is -4.68. The number of aromatic nitrogens is 1. The Morgan fingerprint density at radius 3 is 2.12 bits per heavy atom. The van der Waals surface area contributed by atoms with E-state index >= 15 is 0 Å². The van der Waals surface area contributed by atoms with Crippen LogP contribution in [-0.4, -0.2) is 15.8 Å². The van der Waals surface area contributed by atoms with Gasteiger partial charge in [0.25, 0.3) is 5.91 Å². The van der Waals surface area contributed by atoms with Crippen LogP contribution in [0.2, 0.25) is 0 Å². The van der Waals surface area contributed by atoms with Crippen molar-refractivity contribution < 1.29 is 13.9 Å². The van der Waals surface area contributed by atoms with Crippen LogP contribution in [0, 0.1) is 0 Å². The molecule has 0 radical (unpaired) electrons. The van der Waals surface area contributed by atoms with Gasteiger partial charge >= 0.3 is 0 Å². The number of carbonyl (C=O) groups is 1. The highest BCUT2D eigenvalue weighted by Gasteiger charge is 2.21. The van der Waals surface area contributed by atoms with E-state index < -0.39 is 0 Å². The Balaban J connectivity index is 1.32. The molecule has 6 heteroatoms. The number of para-hydroxylation sites is 1. The lowest BCUT2D eigenvalue weighted by Gasteiger charge is -2.28. The average Bonchev–Trinajstić information content (AvgIpc) is 3.47. The van der Waals surface area contributed by atoms with Crippen LogP contribution in [-0.2, 0) is 13.1 Å². The summed E-state index contributed by atoms with van der Waals surface area (Å²) in [6.07, 6.45) is 1.43. The van der Waals surface area contributed by atoms with Gasteiger partial charge in [-0.05, 0) is 54.8 Å². The number of nitrogens with one attached hydrogen (secondary N) is 1. The highest BCUT2D eigenvalue weighted by atomic mass is 16.5. The molecule has 40 heavy (non-hydrogen) atoms. The largest absolute Gasteiger partial charge is 0.457 e. The van der Waals surface area contributed by atoms with Crippen LogP contribution in [0.3, 0.4) is 0 Å². The van der Waals surface area contributed by atoms with Crippen molar-refractivity contribution in [3.63, 3.8) is 0 Å². The topological polar surface area (TPSA) is 67.6 Å². The summed E-state index contributed by atoms with van der Waals surface area (Å²) in [7, 11) is 0. The normalized spacial score (nSPS) is 12.6. The minimum Gasteiger partial charge on any atom is -0.457 e. The van der Waals surface area contributed by atoms with E-state index in [4.69, 9.17) is 9.15 Å². The van der Waals surface area contributed by atoms with Gasteiger partial charge in [0.2, 0.25) is 5.89 Å². The Kier molecular flexibility index (Phi) is 8.69. The van der Waals surface area contributed by atoms with Crippen LogP contribution in [0.5, 0.6) is 11.5 Å². The fourth-order valence-corrected chi connectivity index (χ4v) is 4.60. The molecular formula is C34H33N3O3. The van der Waals surface area contributed by atoms with Gasteiger partial charge in [0.1, 0.15) is 17.8 Å². The zero-order valence-corrected chi connectivity index (χ0v) is 22.7. The maximum absolute atomic E-state index is 12.9. The molecule has 2 atom stereocenters. The van der Waals surface area contributed by atoms with Gasteiger partial charge in [-0.25, -0.2) is 4.98 Å². The molecule has 1 N–H and O–H groups in total. The van der Waals surface area contributed by atoms with Crippen LogP contribution in [0.15, 0.2) is 126 Å². The van der Waals surface area contributed by atoms with E-state index in [1.54, 1.807) is 0 Å². The molecule has 0 bridgehead atoms. The molecule has 0 aliphatic heterocycles. The van der Waals surface area contributed by atoms with Crippen molar-refractivity contribution in [2.45, 2.75) is 39.0 Å². The second-order valence-corrected chi connectivity index (χ2v) is 9.79. The van der Waals surface area contributed by atoms with Crippen LogP contribution in [0.1, 0.15) is 59.0 Å². The molecule has 0 aliphatic rings. The Morgan fingerprint density at radius 2 is 1.43 bits per heavy atom. The molecule has 0 saturated heterocycles. The molecular weight excluding hydrogens is 498 g/mol. The fraction of sp³-hybridized carbons (Fsp3) is 0.176. The number of oxazole rings is 1. The zero-order chi connectivity index (χ0) is 27.7. The summed E-state index contributed by atoms with van der Waals surface area (Å²) in [4.78, 5) is 19.7. The molecule has 5 aromatic rings. The van der Waals surface area contributed by atoms with Crippen LogP contribution < -0.4 is 10.1 Å². The van der Waals surface area contributed by atoms with E-state index in [2.05, 4.69) is 46.4 Å². The predicted octanol–water partition coefficient (Wildman–Crippen LogP) is 7.72. The molecule has 0 fully saturated rings. The zero-order valence-electron chi connectivity index (χ0n) is 22.7. The number of amides is 1. The summed E-state index contributed by atoms with van der Waals surface area (Å²) in [5, 5.41) is 3.00. The van der Waals surface area contributed by atoms with Crippen molar-refractivity contribution in [2.24, 2.45) is 0 Å². The van der Waals surface area contributed by atoms with E-state index in [-0.39, 0.29) is 23.7 Å². The molecule has 1 amide bonds. The second-order valence-electron chi connectivity index (χ2n) is 9.79. The predicted molar refractivity (Wildman–Crippen MR) is 156 cm³/mol.